The molecule has 4 aromatic heterocycles. The van der Waals surface area contributed by atoms with E-state index < -0.39 is 0 Å². The molecule has 564 valence electrons. The van der Waals surface area contributed by atoms with E-state index in [1.165, 1.54) is 49.4 Å². The predicted octanol–water partition coefficient (Wildman–Crippen LogP) is 20.1. The van der Waals surface area contributed by atoms with E-state index in [0.29, 0.717) is 13.1 Å². The number of pyridine rings is 4. The SMILES string of the molecule is BrCc1ccccc1.CC(C)(C)c1cc(N(Cc2ccccc2)c2ccc(-c3nccc4ccccc34)cc2)cc(N(Cc2ccccc2)c2ccc(-c3nccc4ccccc34)cc2)c1.CC(C)(C)c1cc(Nc2ccc(-c3nccc4ccccc34)cc2)cc(Nc2ccc(-c3nccc4ccccc34)cc2)c1.O=CO[O-].[H-].[K+].[K+]. The smallest absolute Gasteiger partial charge is 1.00 e. The Morgan fingerprint density at radius 2 is 0.612 bits per heavy atom. The third-order valence-corrected chi connectivity index (χ3v) is 20.7. The van der Waals surface area contributed by atoms with Gasteiger partial charge in [0.05, 0.1) is 22.8 Å². The van der Waals surface area contributed by atoms with Crippen molar-refractivity contribution in [2.75, 3.05) is 20.4 Å². The third kappa shape index (κ3) is 21.7. The normalized spacial score (nSPS) is 10.9. The van der Waals surface area contributed by atoms with Crippen molar-refractivity contribution in [1.29, 1.82) is 0 Å². The number of benzene rings is 13. The standard InChI is InChI=1S/C54H46N4.C40H34N4.C7H7Br.CH2O3.2K.H/c1-54(2,3)45-34-48(57(37-39-14-6-4-7-15-39)46-26-22-43(23-27-46)52-50-20-12-10-18-41(50)30-32-55-52)36-49(35-45)58(38-40-16-8-5-9-17-40)47-28-24-44(25-29-47)53-51-21-13-11-19-42(51)31-33-56-53;1-40(2,3)31-24-34(43-32-16-12-29(13-17-32)38-36-10-6-4-8-27(36)20-22-41-38)26-35(25-31)44-33-18-14-30(15-19-33)39-37-11-7-5-9-28(37)21-23-42-39;8-6-7-4-2-1-3-5-7;2-1-4-3;;;/h4-36H,37-38H2,1-3H3;4-26,43-44H,1-3H3;1-5H,6H2;1,3H;;;/q;;;;2*+1;-1/p-1. The molecule has 14 heteroatoms. The second-order valence-corrected chi connectivity index (χ2v) is 30.6. The Bertz CT molecular complexity index is 5730. The number of halogens is 1. The van der Waals surface area contributed by atoms with Gasteiger partial charge in [-0.25, -0.2) is 0 Å². The summed E-state index contributed by atoms with van der Waals surface area (Å²) in [5, 5.41) is 26.0. The molecule has 17 rings (SSSR count). The molecule has 0 unspecified atom stereocenters. The largest absolute Gasteiger partial charge is 1.00 e. The number of aromatic nitrogens is 4. The van der Waals surface area contributed by atoms with Crippen LogP contribution in [0.5, 0.6) is 0 Å². The fourth-order valence-corrected chi connectivity index (χ4v) is 14.4. The molecule has 13 aromatic carbocycles. The molecule has 0 aliphatic carbocycles. The molecule has 0 amide bonds. The molecule has 0 aliphatic rings. The monoisotopic (exact) mass is 1630 g/mol. The third-order valence-electron chi connectivity index (χ3n) is 20.1. The van der Waals surface area contributed by atoms with Crippen molar-refractivity contribution in [3.05, 3.63) is 398 Å². The minimum Gasteiger partial charge on any atom is -1.00 e. The molecule has 0 spiro atoms. The van der Waals surface area contributed by atoms with Crippen LogP contribution < -0.4 is 128 Å². The molecule has 0 radical (unpaired) electrons. The Balaban J connectivity index is 0.000000201. The first-order chi connectivity index (χ1) is 55.6. The minimum absolute atomic E-state index is 0. The summed E-state index contributed by atoms with van der Waals surface area (Å²) in [6.45, 7) is 14.9. The van der Waals surface area contributed by atoms with Crippen LogP contribution in [0.4, 0.5) is 45.5 Å². The van der Waals surface area contributed by atoms with Crippen LogP contribution in [0.1, 0.15) is 70.8 Å². The molecular formula is C102H89BrK2N8O3. The van der Waals surface area contributed by atoms with E-state index in [1.54, 1.807) is 0 Å². The Kier molecular flexibility index (Phi) is 29.9. The van der Waals surface area contributed by atoms with Gasteiger partial charge in [-0.15, -0.1) is 0 Å². The van der Waals surface area contributed by atoms with Crippen molar-refractivity contribution < 1.29 is 119 Å². The van der Waals surface area contributed by atoms with Gasteiger partial charge in [0, 0.05) is 133 Å². The number of hydrogen-bond donors (Lipinski definition) is 2. The summed E-state index contributed by atoms with van der Waals surface area (Å²) < 4.78 is 0. The second kappa shape index (κ2) is 40.6. The molecular weight excluding hydrogens is 1540 g/mol. The van der Waals surface area contributed by atoms with Crippen LogP contribution in [0.15, 0.2) is 371 Å². The average molecular weight is 1630 g/mol. The van der Waals surface area contributed by atoms with E-state index in [0.717, 1.165) is 117 Å². The van der Waals surface area contributed by atoms with E-state index in [4.69, 9.17) is 20.0 Å². The van der Waals surface area contributed by atoms with E-state index in [2.05, 4.69) is 420 Å². The quantitative estimate of drug-likeness (QED) is 0.0280. The maximum atomic E-state index is 8.64. The Labute approximate surface area is 775 Å². The number of carbonyl (C=O) groups excluding carboxylic acids is 1. The summed E-state index contributed by atoms with van der Waals surface area (Å²) in [5.41, 5.74) is 23.2. The molecule has 11 nitrogen and oxygen atoms in total. The van der Waals surface area contributed by atoms with Crippen LogP contribution in [0, 0.1) is 0 Å². The summed E-state index contributed by atoms with van der Waals surface area (Å²) in [4.78, 5) is 35.2. The molecule has 2 N–H and O–H groups in total. The Hall–Kier alpha value is -10.1. The first kappa shape index (κ1) is 85.3. The summed E-state index contributed by atoms with van der Waals surface area (Å²) in [7, 11) is 0. The van der Waals surface area contributed by atoms with Gasteiger partial charge in [-0.05, 0) is 169 Å². The van der Waals surface area contributed by atoms with Gasteiger partial charge in [-0.3, -0.25) is 24.7 Å². The topological polar surface area (TPSA) is 131 Å². The zero-order chi connectivity index (χ0) is 78.8. The summed E-state index contributed by atoms with van der Waals surface area (Å²) >= 11 is 3.36. The summed E-state index contributed by atoms with van der Waals surface area (Å²) in [6.07, 6.45) is 7.57. The average Bonchev–Trinajstić information content (AvgIpc) is 0.784. The number of alkyl halides is 1. The molecule has 17 aromatic rings. The van der Waals surface area contributed by atoms with Crippen LogP contribution in [0.2, 0.25) is 0 Å². The van der Waals surface area contributed by atoms with Crippen LogP contribution in [-0.2, 0) is 38.9 Å². The number of hydrogen-bond acceptors (Lipinski definition) is 11. The summed E-state index contributed by atoms with van der Waals surface area (Å²) in [6, 6.07) is 122. The molecule has 116 heavy (non-hydrogen) atoms. The zero-order valence-electron chi connectivity index (χ0n) is 67.7. The molecule has 0 saturated carbocycles. The van der Waals surface area contributed by atoms with Gasteiger partial charge in [0.2, 0.25) is 0 Å². The van der Waals surface area contributed by atoms with Crippen molar-refractivity contribution >= 4 is 111 Å². The van der Waals surface area contributed by atoms with Crippen molar-refractivity contribution in [3.8, 4) is 45.0 Å². The van der Waals surface area contributed by atoms with Crippen LogP contribution in [0.3, 0.4) is 0 Å². The van der Waals surface area contributed by atoms with E-state index >= 15 is 0 Å². The number of rotatable bonds is 18. The van der Waals surface area contributed by atoms with Crippen LogP contribution in [-0.4, -0.2) is 26.4 Å². The molecule has 4 heterocycles. The Morgan fingerprint density at radius 3 is 0.897 bits per heavy atom. The van der Waals surface area contributed by atoms with Gasteiger partial charge >= 0.3 is 103 Å². The molecule has 0 atom stereocenters. The first-order valence-electron chi connectivity index (χ1n) is 38.2. The maximum Gasteiger partial charge on any atom is 1.00 e. The maximum absolute atomic E-state index is 8.64. The molecule has 0 bridgehead atoms. The summed E-state index contributed by atoms with van der Waals surface area (Å²) in [5.74, 6) is 0. The Morgan fingerprint density at radius 1 is 0.336 bits per heavy atom. The number of anilines is 8. The number of fused-ring (bicyclic) bond motifs is 4. The van der Waals surface area contributed by atoms with Gasteiger partial charge in [-0.2, -0.15) is 0 Å². The van der Waals surface area contributed by atoms with Crippen molar-refractivity contribution in [2.45, 2.75) is 70.8 Å². The first-order valence-corrected chi connectivity index (χ1v) is 39.3. The van der Waals surface area contributed by atoms with Gasteiger partial charge in [0.15, 0.2) is 0 Å². The fourth-order valence-electron chi connectivity index (χ4n) is 14.1. The second-order valence-electron chi connectivity index (χ2n) is 30.0. The number of nitrogens with zero attached hydrogens (tertiary/aromatic N) is 6. The number of carbonyl (C=O) groups is 1. The fraction of sp³-hybridized carbons (Fsp3) is 0.108. The van der Waals surface area contributed by atoms with Crippen molar-refractivity contribution in [3.63, 3.8) is 0 Å². The molecule has 0 saturated heterocycles. The van der Waals surface area contributed by atoms with E-state index in [-0.39, 0.29) is 121 Å². The van der Waals surface area contributed by atoms with Crippen LogP contribution in [0.25, 0.3) is 88.1 Å². The van der Waals surface area contributed by atoms with Crippen LogP contribution >= 0.6 is 15.9 Å². The molecule has 0 fully saturated rings. The van der Waals surface area contributed by atoms with E-state index in [1.807, 2.05) is 43.0 Å². The zero-order valence-corrected chi connectivity index (χ0v) is 74.5. The van der Waals surface area contributed by atoms with Gasteiger partial charge in [0.1, 0.15) is 0 Å². The molecule has 0 aliphatic heterocycles. The van der Waals surface area contributed by atoms with Gasteiger partial charge in [0.25, 0.3) is 6.47 Å². The van der Waals surface area contributed by atoms with Crippen molar-refractivity contribution in [1.82, 2.24) is 19.9 Å². The van der Waals surface area contributed by atoms with Gasteiger partial charge < -0.3 is 32.0 Å². The number of nitrogens with one attached hydrogen (secondary N) is 2. The predicted molar refractivity (Wildman–Crippen MR) is 477 cm³/mol. The van der Waals surface area contributed by atoms with Crippen molar-refractivity contribution in [2.24, 2.45) is 0 Å². The minimum atomic E-state index is -0.181. The van der Waals surface area contributed by atoms with Gasteiger partial charge in [-0.1, -0.05) is 294 Å². The van der Waals surface area contributed by atoms with E-state index in [9.17, 15) is 0 Å².